The van der Waals surface area contributed by atoms with Crippen molar-refractivity contribution in [1.82, 2.24) is 14.3 Å². The van der Waals surface area contributed by atoms with Gasteiger partial charge in [0, 0.05) is 30.7 Å². The van der Waals surface area contributed by atoms with Gasteiger partial charge in [-0.2, -0.15) is 9.36 Å². The van der Waals surface area contributed by atoms with Crippen LogP contribution >= 0.6 is 11.5 Å². The molecule has 0 bridgehead atoms. The molecular formula is C9H19N5S. The zero-order valence-electron chi connectivity index (χ0n) is 9.53. The molecule has 0 aliphatic heterocycles. The Labute approximate surface area is 94.9 Å². The summed E-state index contributed by atoms with van der Waals surface area (Å²) in [5, 5.41) is 3.99. The SMILES string of the molecule is CCC(C)N(C)CCNc1nc(N)ns1. The largest absolute Gasteiger partial charge is 0.367 e. The van der Waals surface area contributed by atoms with Gasteiger partial charge >= 0.3 is 0 Å². The third-order valence-electron chi connectivity index (χ3n) is 2.53. The van der Waals surface area contributed by atoms with Gasteiger partial charge in [-0.3, -0.25) is 0 Å². The second kappa shape index (κ2) is 5.87. The molecule has 0 aliphatic rings. The second-order valence-corrected chi connectivity index (χ2v) is 4.37. The van der Waals surface area contributed by atoms with E-state index < -0.39 is 0 Å². The van der Waals surface area contributed by atoms with Crippen LogP contribution < -0.4 is 11.1 Å². The highest BCUT2D eigenvalue weighted by Gasteiger charge is 2.06. The van der Waals surface area contributed by atoms with Gasteiger partial charge in [0.1, 0.15) is 0 Å². The fraction of sp³-hybridized carbons (Fsp3) is 0.778. The lowest BCUT2D eigenvalue weighted by Gasteiger charge is -2.23. The smallest absolute Gasteiger partial charge is 0.233 e. The maximum atomic E-state index is 5.42. The minimum atomic E-state index is 0.345. The van der Waals surface area contributed by atoms with Crippen molar-refractivity contribution in [2.24, 2.45) is 0 Å². The highest BCUT2D eigenvalue weighted by Crippen LogP contribution is 2.11. The molecule has 6 heteroatoms. The third kappa shape index (κ3) is 4.01. The second-order valence-electron chi connectivity index (χ2n) is 3.62. The van der Waals surface area contributed by atoms with Gasteiger partial charge in [-0.1, -0.05) is 6.92 Å². The molecule has 1 heterocycles. The Morgan fingerprint density at radius 3 is 2.87 bits per heavy atom. The van der Waals surface area contributed by atoms with E-state index >= 15 is 0 Å². The minimum Gasteiger partial charge on any atom is -0.367 e. The molecule has 0 spiro atoms. The van der Waals surface area contributed by atoms with Gasteiger partial charge in [0.15, 0.2) is 0 Å². The number of hydrogen-bond donors (Lipinski definition) is 2. The number of nitrogen functional groups attached to an aromatic ring is 1. The number of likely N-dealkylation sites (N-methyl/N-ethyl adjacent to an activating group) is 1. The van der Waals surface area contributed by atoms with Crippen molar-refractivity contribution < 1.29 is 0 Å². The Morgan fingerprint density at radius 1 is 1.60 bits per heavy atom. The lowest BCUT2D eigenvalue weighted by atomic mass is 10.2. The van der Waals surface area contributed by atoms with Gasteiger partial charge < -0.3 is 16.0 Å². The first-order valence-corrected chi connectivity index (χ1v) is 5.94. The van der Waals surface area contributed by atoms with Crippen LogP contribution in [0.1, 0.15) is 20.3 Å². The predicted molar refractivity (Wildman–Crippen MR) is 65.2 cm³/mol. The van der Waals surface area contributed by atoms with Crippen molar-refractivity contribution in [2.75, 3.05) is 31.2 Å². The normalized spacial score (nSPS) is 13.1. The van der Waals surface area contributed by atoms with Gasteiger partial charge in [-0.25, -0.2) is 0 Å². The Balaban J connectivity index is 2.21. The highest BCUT2D eigenvalue weighted by atomic mass is 32.1. The molecule has 1 rings (SSSR count). The molecule has 1 atom stereocenters. The number of nitrogens with zero attached hydrogens (tertiary/aromatic N) is 3. The monoisotopic (exact) mass is 229 g/mol. The van der Waals surface area contributed by atoms with Crippen LogP contribution in [0, 0.1) is 0 Å². The van der Waals surface area contributed by atoms with Crippen LogP contribution in [-0.4, -0.2) is 40.4 Å². The molecule has 5 nitrogen and oxygen atoms in total. The summed E-state index contributed by atoms with van der Waals surface area (Å²) in [7, 11) is 2.13. The van der Waals surface area contributed by atoms with E-state index in [1.54, 1.807) is 0 Å². The number of nitrogens with two attached hydrogens (primary N) is 1. The molecule has 0 fully saturated rings. The van der Waals surface area contributed by atoms with E-state index in [-0.39, 0.29) is 0 Å². The third-order valence-corrected chi connectivity index (χ3v) is 3.21. The summed E-state index contributed by atoms with van der Waals surface area (Å²) in [5.74, 6) is 0.345. The summed E-state index contributed by atoms with van der Waals surface area (Å²) in [6.45, 7) is 6.28. The van der Waals surface area contributed by atoms with Crippen molar-refractivity contribution in [2.45, 2.75) is 26.3 Å². The van der Waals surface area contributed by atoms with Gasteiger partial charge in [-0.05, 0) is 20.4 Å². The van der Waals surface area contributed by atoms with E-state index in [9.17, 15) is 0 Å². The molecule has 86 valence electrons. The van der Waals surface area contributed by atoms with Gasteiger partial charge in [-0.15, -0.1) is 0 Å². The molecule has 0 saturated heterocycles. The zero-order chi connectivity index (χ0) is 11.3. The van der Waals surface area contributed by atoms with E-state index in [0.29, 0.717) is 12.0 Å². The summed E-state index contributed by atoms with van der Waals surface area (Å²) in [4.78, 5) is 6.34. The van der Waals surface area contributed by atoms with Gasteiger partial charge in [0.25, 0.3) is 0 Å². The standard InChI is InChI=1S/C9H19N5S/c1-4-7(2)14(3)6-5-11-9-12-8(10)13-15-9/h7H,4-6H2,1-3H3,(H3,10,11,12,13). The van der Waals surface area contributed by atoms with Gasteiger partial charge in [0.05, 0.1) is 0 Å². The number of hydrogen-bond acceptors (Lipinski definition) is 6. The zero-order valence-corrected chi connectivity index (χ0v) is 10.3. The average Bonchev–Trinajstić information content (AvgIpc) is 2.63. The van der Waals surface area contributed by atoms with Crippen LogP contribution in [0.4, 0.5) is 11.1 Å². The quantitative estimate of drug-likeness (QED) is 0.769. The van der Waals surface area contributed by atoms with Crippen LogP contribution in [-0.2, 0) is 0 Å². The molecule has 1 aromatic rings. The van der Waals surface area contributed by atoms with E-state index in [4.69, 9.17) is 5.73 Å². The molecule has 1 aromatic heterocycles. The summed E-state index contributed by atoms with van der Waals surface area (Å²) in [6, 6.07) is 0.617. The topological polar surface area (TPSA) is 67.1 Å². The van der Waals surface area contributed by atoms with Crippen molar-refractivity contribution in [1.29, 1.82) is 0 Å². The molecule has 3 N–H and O–H groups in total. The molecule has 0 saturated carbocycles. The first-order chi connectivity index (χ1) is 7.13. The van der Waals surface area contributed by atoms with E-state index in [2.05, 4.69) is 40.5 Å². The Bertz CT molecular complexity index is 288. The molecule has 0 amide bonds. The summed E-state index contributed by atoms with van der Waals surface area (Å²) < 4.78 is 3.90. The maximum Gasteiger partial charge on any atom is 0.233 e. The predicted octanol–water partition coefficient (Wildman–Crippen LogP) is 1.26. The molecule has 15 heavy (non-hydrogen) atoms. The van der Waals surface area contributed by atoms with Crippen molar-refractivity contribution >= 4 is 22.6 Å². The van der Waals surface area contributed by atoms with Crippen molar-refractivity contribution in [3.05, 3.63) is 0 Å². The molecule has 1 unspecified atom stereocenters. The van der Waals surface area contributed by atoms with Gasteiger partial charge in [0.2, 0.25) is 11.1 Å². The molecule has 0 radical (unpaired) electrons. The fourth-order valence-electron chi connectivity index (χ4n) is 1.18. The Hall–Kier alpha value is -0.880. The minimum absolute atomic E-state index is 0.345. The molecule has 0 aromatic carbocycles. The number of aromatic nitrogens is 2. The lowest BCUT2D eigenvalue weighted by Crippen LogP contribution is -2.32. The Kier molecular flexibility index (Phi) is 4.77. The van der Waals surface area contributed by atoms with E-state index in [1.807, 2.05) is 0 Å². The average molecular weight is 229 g/mol. The highest BCUT2D eigenvalue weighted by molar-refractivity contribution is 7.09. The molecule has 0 aliphatic carbocycles. The summed E-state index contributed by atoms with van der Waals surface area (Å²) in [6.07, 6.45) is 1.17. The summed E-state index contributed by atoms with van der Waals surface area (Å²) >= 11 is 1.30. The van der Waals surface area contributed by atoms with Crippen LogP contribution in [0.2, 0.25) is 0 Å². The first-order valence-electron chi connectivity index (χ1n) is 5.16. The molecular weight excluding hydrogens is 210 g/mol. The summed E-state index contributed by atoms with van der Waals surface area (Å²) in [5.41, 5.74) is 5.42. The van der Waals surface area contributed by atoms with Crippen LogP contribution in [0.5, 0.6) is 0 Å². The first kappa shape index (κ1) is 12.2. The van der Waals surface area contributed by atoms with E-state index in [0.717, 1.165) is 18.2 Å². The lowest BCUT2D eigenvalue weighted by molar-refractivity contribution is 0.261. The number of rotatable bonds is 6. The number of nitrogens with one attached hydrogen (secondary N) is 1. The Morgan fingerprint density at radius 2 is 2.33 bits per heavy atom. The fourth-order valence-corrected chi connectivity index (χ4v) is 1.70. The van der Waals surface area contributed by atoms with Crippen molar-refractivity contribution in [3.8, 4) is 0 Å². The van der Waals surface area contributed by atoms with E-state index in [1.165, 1.54) is 18.0 Å². The van der Waals surface area contributed by atoms with Crippen LogP contribution in [0.3, 0.4) is 0 Å². The maximum absolute atomic E-state index is 5.42. The number of anilines is 2. The van der Waals surface area contributed by atoms with Crippen LogP contribution in [0.15, 0.2) is 0 Å². The van der Waals surface area contributed by atoms with Crippen molar-refractivity contribution in [3.63, 3.8) is 0 Å². The van der Waals surface area contributed by atoms with Crippen LogP contribution in [0.25, 0.3) is 0 Å².